The molecular weight excluding hydrogens is 278 g/mol. The van der Waals surface area contributed by atoms with Crippen molar-refractivity contribution in [1.82, 2.24) is 9.88 Å². The molecule has 7 heteroatoms. The van der Waals surface area contributed by atoms with E-state index in [-0.39, 0.29) is 24.9 Å². The summed E-state index contributed by atoms with van der Waals surface area (Å²) in [6.07, 6.45) is 0.162. The predicted octanol–water partition coefficient (Wildman–Crippen LogP) is 0.973. The zero-order valence-corrected chi connectivity index (χ0v) is 13.1. The maximum absolute atomic E-state index is 11.9. The van der Waals surface area contributed by atoms with E-state index in [2.05, 4.69) is 9.72 Å². The molecule has 2 N–H and O–H groups in total. The van der Waals surface area contributed by atoms with Crippen LogP contribution in [0.1, 0.15) is 30.6 Å². The summed E-state index contributed by atoms with van der Waals surface area (Å²) < 4.78 is 4.52. The van der Waals surface area contributed by atoms with Gasteiger partial charge >= 0.3 is 5.97 Å². The SMILES string of the molecule is COC(=O)CN(C)C(=O)Cc1csc(C(N)C(C)C)n1. The summed E-state index contributed by atoms with van der Waals surface area (Å²) in [6, 6.07) is -0.114. The lowest BCUT2D eigenvalue weighted by Gasteiger charge is -2.14. The van der Waals surface area contributed by atoms with Crippen LogP contribution in [0.2, 0.25) is 0 Å². The Morgan fingerprint density at radius 1 is 1.50 bits per heavy atom. The van der Waals surface area contributed by atoms with E-state index < -0.39 is 5.97 Å². The summed E-state index contributed by atoms with van der Waals surface area (Å²) in [5.74, 6) is -0.321. The summed E-state index contributed by atoms with van der Waals surface area (Å²) in [6.45, 7) is 4.00. The van der Waals surface area contributed by atoms with E-state index in [4.69, 9.17) is 5.73 Å². The third kappa shape index (κ3) is 4.57. The average molecular weight is 299 g/mol. The van der Waals surface area contributed by atoms with Gasteiger partial charge in [0.15, 0.2) is 0 Å². The van der Waals surface area contributed by atoms with E-state index in [0.717, 1.165) is 5.01 Å². The van der Waals surface area contributed by atoms with Gasteiger partial charge in [-0.3, -0.25) is 9.59 Å². The molecule has 0 aromatic carbocycles. The van der Waals surface area contributed by atoms with Gasteiger partial charge in [-0.15, -0.1) is 11.3 Å². The molecular formula is C13H21N3O3S. The highest BCUT2D eigenvalue weighted by atomic mass is 32.1. The van der Waals surface area contributed by atoms with Crippen LogP contribution in [-0.4, -0.2) is 42.5 Å². The standard InChI is InChI=1S/C13H21N3O3S/c1-8(2)12(14)13-15-9(7-20-13)5-10(17)16(3)6-11(18)19-4/h7-8,12H,5-6,14H2,1-4H3. The first kappa shape index (κ1) is 16.6. The minimum atomic E-state index is -0.443. The molecule has 0 saturated heterocycles. The molecule has 112 valence electrons. The fourth-order valence-corrected chi connectivity index (χ4v) is 2.47. The predicted molar refractivity (Wildman–Crippen MR) is 77.2 cm³/mol. The van der Waals surface area contributed by atoms with Gasteiger partial charge in [0.2, 0.25) is 5.91 Å². The van der Waals surface area contributed by atoms with Gasteiger partial charge in [-0.1, -0.05) is 13.8 Å². The van der Waals surface area contributed by atoms with Gasteiger partial charge in [0.25, 0.3) is 0 Å². The zero-order valence-electron chi connectivity index (χ0n) is 12.3. The van der Waals surface area contributed by atoms with Crippen molar-refractivity contribution in [1.29, 1.82) is 0 Å². The lowest BCUT2D eigenvalue weighted by Crippen LogP contribution is -2.33. The number of esters is 1. The zero-order chi connectivity index (χ0) is 15.3. The highest BCUT2D eigenvalue weighted by Gasteiger charge is 2.18. The Bertz CT molecular complexity index is 473. The number of carbonyl (C=O) groups excluding carboxylic acids is 2. The van der Waals surface area contributed by atoms with Crippen molar-refractivity contribution in [2.24, 2.45) is 11.7 Å². The minimum absolute atomic E-state index is 0.0577. The Hall–Kier alpha value is -1.47. The highest BCUT2D eigenvalue weighted by Crippen LogP contribution is 2.22. The molecule has 0 aliphatic rings. The average Bonchev–Trinajstić information content (AvgIpc) is 2.85. The number of nitrogens with zero attached hydrogens (tertiary/aromatic N) is 2. The van der Waals surface area contributed by atoms with E-state index in [1.165, 1.54) is 23.3 Å². The Morgan fingerprint density at radius 2 is 2.15 bits per heavy atom. The molecule has 0 saturated carbocycles. The number of hydrogen-bond donors (Lipinski definition) is 1. The van der Waals surface area contributed by atoms with Crippen LogP contribution in [0.5, 0.6) is 0 Å². The van der Waals surface area contributed by atoms with Gasteiger partial charge in [0.05, 0.1) is 25.3 Å². The number of methoxy groups -OCH3 is 1. The molecule has 1 aromatic heterocycles. The third-order valence-electron chi connectivity index (χ3n) is 2.92. The van der Waals surface area contributed by atoms with Crippen molar-refractivity contribution in [2.75, 3.05) is 20.7 Å². The summed E-state index contributed by atoms with van der Waals surface area (Å²) in [4.78, 5) is 28.7. The Kier molecular flexibility index (Phi) is 6.09. The normalized spacial score (nSPS) is 12.3. The number of nitrogens with two attached hydrogens (primary N) is 1. The summed E-state index contributed by atoms with van der Waals surface area (Å²) in [7, 11) is 2.85. The molecule has 20 heavy (non-hydrogen) atoms. The fraction of sp³-hybridized carbons (Fsp3) is 0.615. The number of rotatable bonds is 6. The number of aromatic nitrogens is 1. The molecule has 0 aliphatic heterocycles. The molecule has 1 heterocycles. The van der Waals surface area contributed by atoms with Gasteiger partial charge in [-0.05, 0) is 5.92 Å². The van der Waals surface area contributed by atoms with Crippen molar-refractivity contribution in [3.05, 3.63) is 16.1 Å². The molecule has 6 nitrogen and oxygen atoms in total. The molecule has 1 amide bonds. The smallest absolute Gasteiger partial charge is 0.325 e. The van der Waals surface area contributed by atoms with Crippen LogP contribution in [0.3, 0.4) is 0 Å². The molecule has 0 aliphatic carbocycles. The van der Waals surface area contributed by atoms with Crippen molar-refractivity contribution in [2.45, 2.75) is 26.3 Å². The van der Waals surface area contributed by atoms with E-state index in [1.807, 2.05) is 19.2 Å². The molecule has 1 aromatic rings. The first-order valence-corrected chi connectivity index (χ1v) is 7.23. The first-order valence-electron chi connectivity index (χ1n) is 6.35. The topological polar surface area (TPSA) is 85.5 Å². The molecule has 1 rings (SSSR count). The Morgan fingerprint density at radius 3 is 2.70 bits per heavy atom. The number of thiazole rings is 1. The molecule has 0 bridgehead atoms. The lowest BCUT2D eigenvalue weighted by molar-refractivity contribution is -0.145. The van der Waals surface area contributed by atoms with Gasteiger partial charge in [0.1, 0.15) is 11.6 Å². The molecule has 1 unspecified atom stereocenters. The first-order chi connectivity index (χ1) is 9.35. The maximum Gasteiger partial charge on any atom is 0.325 e. The van der Waals surface area contributed by atoms with Gasteiger partial charge in [-0.25, -0.2) is 4.98 Å². The van der Waals surface area contributed by atoms with E-state index >= 15 is 0 Å². The van der Waals surface area contributed by atoms with Crippen molar-refractivity contribution < 1.29 is 14.3 Å². The van der Waals surface area contributed by atoms with Crippen LogP contribution >= 0.6 is 11.3 Å². The van der Waals surface area contributed by atoms with Crippen LogP contribution in [0.15, 0.2) is 5.38 Å². The van der Waals surface area contributed by atoms with Crippen LogP contribution in [0.25, 0.3) is 0 Å². The van der Waals surface area contributed by atoms with Crippen molar-refractivity contribution in [3.63, 3.8) is 0 Å². The second-order valence-electron chi connectivity index (χ2n) is 4.95. The highest BCUT2D eigenvalue weighted by molar-refractivity contribution is 7.09. The second-order valence-corrected chi connectivity index (χ2v) is 5.84. The quantitative estimate of drug-likeness (QED) is 0.791. The van der Waals surface area contributed by atoms with Crippen LogP contribution < -0.4 is 5.73 Å². The molecule has 0 fully saturated rings. The minimum Gasteiger partial charge on any atom is -0.468 e. The number of amides is 1. The summed E-state index contributed by atoms with van der Waals surface area (Å²) in [5, 5.41) is 2.67. The monoisotopic (exact) mass is 299 g/mol. The Labute approximate surface area is 122 Å². The van der Waals surface area contributed by atoms with Gasteiger partial charge in [-0.2, -0.15) is 0 Å². The summed E-state index contributed by atoms with van der Waals surface area (Å²) in [5.41, 5.74) is 6.70. The second kappa shape index (κ2) is 7.35. The van der Waals surface area contributed by atoms with E-state index in [1.54, 1.807) is 7.05 Å². The Balaban J connectivity index is 2.60. The molecule has 0 spiro atoms. The van der Waals surface area contributed by atoms with Crippen LogP contribution in [0.4, 0.5) is 0 Å². The number of likely N-dealkylation sites (N-methyl/N-ethyl adjacent to an activating group) is 1. The fourth-order valence-electron chi connectivity index (χ4n) is 1.48. The van der Waals surface area contributed by atoms with E-state index in [9.17, 15) is 9.59 Å². The van der Waals surface area contributed by atoms with E-state index in [0.29, 0.717) is 11.6 Å². The maximum atomic E-state index is 11.9. The lowest BCUT2D eigenvalue weighted by atomic mass is 10.1. The van der Waals surface area contributed by atoms with Crippen LogP contribution in [0, 0.1) is 5.92 Å². The molecule has 0 radical (unpaired) electrons. The number of carbonyl (C=O) groups is 2. The molecule has 1 atom stereocenters. The largest absolute Gasteiger partial charge is 0.468 e. The van der Waals surface area contributed by atoms with Gasteiger partial charge < -0.3 is 15.4 Å². The van der Waals surface area contributed by atoms with Gasteiger partial charge in [0, 0.05) is 12.4 Å². The summed E-state index contributed by atoms with van der Waals surface area (Å²) >= 11 is 1.46. The number of hydrogen-bond acceptors (Lipinski definition) is 6. The van der Waals surface area contributed by atoms with Crippen molar-refractivity contribution >= 4 is 23.2 Å². The third-order valence-corrected chi connectivity index (χ3v) is 3.92. The van der Waals surface area contributed by atoms with Crippen molar-refractivity contribution in [3.8, 4) is 0 Å². The number of ether oxygens (including phenoxy) is 1. The van der Waals surface area contributed by atoms with Crippen LogP contribution in [-0.2, 0) is 20.7 Å².